The number of ether oxygens (including phenoxy) is 2. The molecule has 5 aromatic rings. The molecule has 0 spiro atoms. The van der Waals surface area contributed by atoms with Crippen molar-refractivity contribution in [2.24, 2.45) is 11.8 Å². The van der Waals surface area contributed by atoms with Crippen molar-refractivity contribution in [2.45, 2.75) is 10.8 Å². The SMILES string of the molecule is COc1ccc(C2=C(c3ccc(OC)cc3)[C@@]3(c4ccccc4)C(=O)[C@@]2(c2ccccc2)[C@@H]2C(=O)N(c4ccc([N+](=O)[O-])cc4)C(=O)[C@@H]23)cc1. The van der Waals surface area contributed by atoms with E-state index in [4.69, 9.17) is 9.47 Å². The minimum Gasteiger partial charge on any atom is -0.497 e. The van der Waals surface area contributed by atoms with Crippen molar-refractivity contribution in [3.05, 3.63) is 166 Å². The van der Waals surface area contributed by atoms with E-state index < -0.39 is 39.4 Å². The van der Waals surface area contributed by atoms with Crippen molar-refractivity contribution in [3.8, 4) is 11.5 Å². The lowest BCUT2D eigenvalue weighted by atomic mass is 9.59. The van der Waals surface area contributed by atoms with E-state index in [0.29, 0.717) is 44.9 Å². The number of amides is 2. The van der Waals surface area contributed by atoms with Crippen LogP contribution in [0.4, 0.5) is 11.4 Å². The third kappa shape index (κ3) is 3.97. The van der Waals surface area contributed by atoms with Crippen LogP contribution in [-0.4, -0.2) is 36.7 Å². The summed E-state index contributed by atoms with van der Waals surface area (Å²) in [5.41, 5.74) is 0.736. The molecule has 9 nitrogen and oxygen atoms in total. The fraction of sp³-hybridized carbons (Fsp3) is 0.146. The number of carbonyl (C=O) groups is 3. The number of fused-ring (bicyclic) bond motifs is 5. The second kappa shape index (κ2) is 11.4. The molecular formula is C41H30N2O7. The standard InChI is InChI=1S/C41H30N2O7/c1-49-31-21-13-25(14-22-31)33-34(26-15-23-32(50-2)24-16-26)41(28-11-7-4-8-12-28)36-35(40(33,39(41)46)27-9-5-3-6-10-27)37(44)42(38(36)45)29-17-19-30(20-18-29)43(47)48/h3-24,35-36H,1-2H3/t35-,36+,40-,41-/m1/s1. The van der Waals surface area contributed by atoms with Gasteiger partial charge in [0.15, 0.2) is 5.78 Å². The van der Waals surface area contributed by atoms with Crippen LogP contribution in [0.25, 0.3) is 11.1 Å². The Hall–Kier alpha value is -6.35. The number of anilines is 1. The normalized spacial score (nSPS) is 23.7. The molecule has 246 valence electrons. The van der Waals surface area contributed by atoms with E-state index in [0.717, 1.165) is 4.90 Å². The topological polar surface area (TPSA) is 116 Å². The van der Waals surface area contributed by atoms with Gasteiger partial charge in [-0.15, -0.1) is 0 Å². The molecule has 5 aromatic carbocycles. The van der Waals surface area contributed by atoms with Crippen molar-refractivity contribution in [1.82, 2.24) is 0 Å². The van der Waals surface area contributed by atoms with Crippen molar-refractivity contribution < 1.29 is 28.8 Å². The van der Waals surface area contributed by atoms with Crippen LogP contribution in [0, 0.1) is 22.0 Å². The molecular weight excluding hydrogens is 632 g/mol. The van der Waals surface area contributed by atoms with Crippen LogP contribution < -0.4 is 14.4 Å². The quantitative estimate of drug-likeness (QED) is 0.102. The highest BCUT2D eigenvalue weighted by molar-refractivity contribution is 6.39. The van der Waals surface area contributed by atoms with Gasteiger partial charge in [-0.2, -0.15) is 0 Å². The lowest BCUT2D eigenvalue weighted by molar-refractivity contribution is -0.384. The van der Waals surface area contributed by atoms with Gasteiger partial charge in [0.2, 0.25) is 11.8 Å². The van der Waals surface area contributed by atoms with Crippen LogP contribution in [0.15, 0.2) is 133 Å². The minimum atomic E-state index is -1.59. The molecule has 1 saturated carbocycles. The first kappa shape index (κ1) is 31.0. The molecule has 1 aliphatic heterocycles. The molecule has 9 heteroatoms. The van der Waals surface area contributed by atoms with Crippen molar-refractivity contribution >= 4 is 40.1 Å². The molecule has 2 aliphatic carbocycles. The van der Waals surface area contributed by atoms with Crippen LogP contribution in [0.3, 0.4) is 0 Å². The largest absolute Gasteiger partial charge is 0.497 e. The first-order valence-electron chi connectivity index (χ1n) is 16.1. The molecule has 0 aromatic heterocycles. The average molecular weight is 663 g/mol. The number of non-ortho nitro benzene ring substituents is 1. The number of rotatable bonds is 8. The highest BCUT2D eigenvalue weighted by Gasteiger charge is 2.82. The van der Waals surface area contributed by atoms with E-state index in [-0.39, 0.29) is 17.2 Å². The zero-order valence-corrected chi connectivity index (χ0v) is 27.1. The number of allylic oxidation sites excluding steroid dienone is 2. The monoisotopic (exact) mass is 662 g/mol. The second-order valence-electron chi connectivity index (χ2n) is 12.6. The number of ketones is 1. The Bertz CT molecular complexity index is 2090. The predicted molar refractivity (Wildman–Crippen MR) is 187 cm³/mol. The van der Waals surface area contributed by atoms with Crippen LogP contribution in [-0.2, 0) is 25.2 Å². The number of nitro benzene ring substituents is 1. The van der Waals surface area contributed by atoms with E-state index in [9.17, 15) is 10.1 Å². The summed E-state index contributed by atoms with van der Waals surface area (Å²) >= 11 is 0. The number of nitrogens with zero attached hydrogens (tertiary/aromatic N) is 2. The number of carbonyl (C=O) groups excluding carboxylic acids is 3. The molecule has 1 saturated heterocycles. The van der Waals surface area contributed by atoms with Gasteiger partial charge in [0.25, 0.3) is 5.69 Å². The Morgan fingerprint density at radius 2 is 0.980 bits per heavy atom. The number of Topliss-reactive ketones (excluding diaryl/α,β-unsaturated/α-hetero) is 1. The van der Waals surface area contributed by atoms with Gasteiger partial charge in [0, 0.05) is 12.1 Å². The third-order valence-corrected chi connectivity index (χ3v) is 10.5. The summed E-state index contributed by atoms with van der Waals surface area (Å²) in [5.74, 6) is -2.34. The smallest absolute Gasteiger partial charge is 0.269 e. The van der Waals surface area contributed by atoms with E-state index in [2.05, 4.69) is 0 Å². The lowest BCUT2D eigenvalue weighted by Gasteiger charge is -2.39. The zero-order valence-electron chi connectivity index (χ0n) is 27.1. The maximum atomic E-state index is 16.0. The van der Waals surface area contributed by atoms with Crippen molar-refractivity contribution in [1.29, 1.82) is 0 Å². The fourth-order valence-electron chi connectivity index (χ4n) is 8.62. The van der Waals surface area contributed by atoms with Gasteiger partial charge in [-0.05, 0) is 69.8 Å². The molecule has 8 rings (SSSR count). The van der Waals surface area contributed by atoms with Crippen LogP contribution in [0.2, 0.25) is 0 Å². The third-order valence-electron chi connectivity index (χ3n) is 10.5. The summed E-state index contributed by atoms with van der Waals surface area (Å²) in [4.78, 5) is 58.2. The molecule has 2 fully saturated rings. The molecule has 2 amide bonds. The molecule has 1 heterocycles. The van der Waals surface area contributed by atoms with E-state index in [1.807, 2.05) is 109 Å². The van der Waals surface area contributed by atoms with Crippen LogP contribution in [0.1, 0.15) is 22.3 Å². The molecule has 0 radical (unpaired) electrons. The Morgan fingerprint density at radius 3 is 1.34 bits per heavy atom. The Balaban J connectivity index is 1.51. The maximum Gasteiger partial charge on any atom is 0.269 e. The molecule has 4 atom stereocenters. The van der Waals surface area contributed by atoms with Gasteiger partial charge in [-0.25, -0.2) is 4.90 Å². The molecule has 50 heavy (non-hydrogen) atoms. The number of benzene rings is 5. The summed E-state index contributed by atoms with van der Waals surface area (Å²) in [5, 5.41) is 11.5. The summed E-state index contributed by atoms with van der Waals surface area (Å²) in [7, 11) is 3.16. The molecule has 3 aliphatic rings. The first-order chi connectivity index (χ1) is 24.3. The second-order valence-corrected chi connectivity index (χ2v) is 12.6. The number of hydrogen-bond acceptors (Lipinski definition) is 7. The van der Waals surface area contributed by atoms with Crippen LogP contribution in [0.5, 0.6) is 11.5 Å². The van der Waals surface area contributed by atoms with Gasteiger partial charge < -0.3 is 9.47 Å². The van der Waals surface area contributed by atoms with Crippen molar-refractivity contribution in [2.75, 3.05) is 19.1 Å². The molecule has 2 bridgehead atoms. The van der Waals surface area contributed by atoms with Crippen molar-refractivity contribution in [3.63, 3.8) is 0 Å². The number of hydrogen-bond donors (Lipinski definition) is 0. The van der Waals surface area contributed by atoms with E-state index in [1.54, 1.807) is 14.2 Å². The molecule has 0 unspecified atom stereocenters. The van der Waals surface area contributed by atoms with Crippen LogP contribution >= 0.6 is 0 Å². The average Bonchev–Trinajstić information content (AvgIpc) is 3.67. The van der Waals surface area contributed by atoms with Gasteiger partial charge >= 0.3 is 0 Å². The highest BCUT2D eigenvalue weighted by atomic mass is 16.6. The first-order valence-corrected chi connectivity index (χ1v) is 16.1. The zero-order chi connectivity index (χ0) is 34.8. The lowest BCUT2D eigenvalue weighted by Crippen LogP contribution is -2.45. The van der Waals surface area contributed by atoms with E-state index >= 15 is 14.4 Å². The Morgan fingerprint density at radius 1 is 0.580 bits per heavy atom. The van der Waals surface area contributed by atoms with Gasteiger partial charge in [0.1, 0.15) is 11.5 Å². The number of methoxy groups -OCH3 is 2. The van der Waals surface area contributed by atoms with Gasteiger partial charge in [-0.3, -0.25) is 24.5 Å². The Labute approximate surface area is 287 Å². The predicted octanol–water partition coefficient (Wildman–Crippen LogP) is 6.80. The molecule has 0 N–H and O–H groups in total. The number of nitro groups is 1. The number of imide groups is 1. The summed E-state index contributed by atoms with van der Waals surface area (Å²) in [6.45, 7) is 0. The fourth-order valence-corrected chi connectivity index (χ4v) is 8.62. The minimum absolute atomic E-state index is 0.171. The Kier molecular flexibility index (Phi) is 7.04. The van der Waals surface area contributed by atoms with Gasteiger partial charge in [-0.1, -0.05) is 84.9 Å². The summed E-state index contributed by atoms with van der Waals surface area (Å²) in [6, 6.07) is 38.6. The maximum absolute atomic E-state index is 16.0. The van der Waals surface area contributed by atoms with E-state index in [1.165, 1.54) is 24.3 Å². The van der Waals surface area contributed by atoms with Gasteiger partial charge in [0.05, 0.1) is 47.5 Å². The summed E-state index contributed by atoms with van der Waals surface area (Å²) < 4.78 is 11.0. The summed E-state index contributed by atoms with van der Waals surface area (Å²) in [6.07, 6.45) is 0. The highest BCUT2D eigenvalue weighted by Crippen LogP contribution is 2.74.